The van der Waals surface area contributed by atoms with Crippen LogP contribution in [0, 0.1) is 10.1 Å². The number of alkyl carbamates (subject to hydrolysis) is 1. The van der Waals surface area contributed by atoms with E-state index in [0.717, 1.165) is 5.56 Å². The fourth-order valence-corrected chi connectivity index (χ4v) is 4.57. The van der Waals surface area contributed by atoms with Crippen LogP contribution in [0.3, 0.4) is 0 Å². The Kier molecular flexibility index (Phi) is 6.61. The Hall–Kier alpha value is -3.48. The summed E-state index contributed by atoms with van der Waals surface area (Å²) in [5.74, 6) is -1.34. The molecule has 0 fully saturated rings. The molecule has 0 radical (unpaired) electrons. The highest BCUT2D eigenvalue weighted by molar-refractivity contribution is 7.66. The normalized spacial score (nSPS) is 13.6. The van der Waals surface area contributed by atoms with Crippen LogP contribution < -0.4 is 10.6 Å². The summed E-state index contributed by atoms with van der Waals surface area (Å²) in [6.07, 6.45) is -0.882. The molecule has 0 aliphatic carbocycles. The SMILES string of the molecule is O=C(NC(c1ccc([N+](=O)[O-])cc1)P(=O)(O)c1ccccc1)OCc1ccccc1. The van der Waals surface area contributed by atoms with E-state index in [9.17, 15) is 24.4 Å². The third-order valence-corrected chi connectivity index (χ3v) is 6.53. The fourth-order valence-electron chi connectivity index (χ4n) is 2.82. The Morgan fingerprint density at radius 3 is 2.13 bits per heavy atom. The van der Waals surface area contributed by atoms with Gasteiger partial charge in [0.2, 0.25) is 0 Å². The van der Waals surface area contributed by atoms with Gasteiger partial charge in [-0.05, 0) is 35.4 Å². The van der Waals surface area contributed by atoms with E-state index in [1.54, 1.807) is 42.5 Å². The van der Waals surface area contributed by atoms with Crippen LogP contribution in [-0.2, 0) is 15.9 Å². The molecule has 2 unspecified atom stereocenters. The van der Waals surface area contributed by atoms with Crippen LogP contribution >= 0.6 is 7.37 Å². The van der Waals surface area contributed by atoms with Crippen molar-refractivity contribution in [1.29, 1.82) is 0 Å². The molecule has 2 atom stereocenters. The number of amides is 1. The highest BCUT2D eigenvalue weighted by Gasteiger charge is 2.36. The Morgan fingerprint density at radius 1 is 1.00 bits per heavy atom. The Bertz CT molecular complexity index is 1060. The molecular formula is C21H19N2O6P. The summed E-state index contributed by atoms with van der Waals surface area (Å²) >= 11 is 0. The molecular weight excluding hydrogens is 407 g/mol. The number of hydrogen-bond acceptors (Lipinski definition) is 5. The molecule has 8 nitrogen and oxygen atoms in total. The van der Waals surface area contributed by atoms with E-state index in [4.69, 9.17) is 4.74 Å². The van der Waals surface area contributed by atoms with Gasteiger partial charge in [-0.1, -0.05) is 48.5 Å². The van der Waals surface area contributed by atoms with Crippen molar-refractivity contribution in [3.05, 3.63) is 106 Å². The topological polar surface area (TPSA) is 119 Å². The predicted molar refractivity (Wildman–Crippen MR) is 112 cm³/mol. The van der Waals surface area contributed by atoms with Gasteiger partial charge in [0.1, 0.15) is 12.4 Å². The van der Waals surface area contributed by atoms with Crippen molar-refractivity contribution in [3.63, 3.8) is 0 Å². The Morgan fingerprint density at radius 2 is 1.57 bits per heavy atom. The second-order valence-corrected chi connectivity index (χ2v) is 8.69. The molecule has 154 valence electrons. The van der Waals surface area contributed by atoms with E-state index in [-0.39, 0.29) is 23.2 Å². The molecule has 9 heteroatoms. The predicted octanol–water partition coefficient (Wildman–Crippen LogP) is 4.12. The van der Waals surface area contributed by atoms with Crippen LogP contribution in [0.5, 0.6) is 0 Å². The minimum atomic E-state index is -4.15. The van der Waals surface area contributed by atoms with Gasteiger partial charge in [0.05, 0.1) is 4.92 Å². The number of non-ortho nitro benzene ring substituents is 1. The first kappa shape index (κ1) is 21.2. The number of benzene rings is 3. The highest BCUT2D eigenvalue weighted by Crippen LogP contribution is 2.53. The molecule has 3 aromatic carbocycles. The number of hydrogen-bond donors (Lipinski definition) is 2. The number of nitrogens with zero attached hydrogens (tertiary/aromatic N) is 1. The fraction of sp³-hybridized carbons (Fsp3) is 0.0952. The van der Waals surface area contributed by atoms with Gasteiger partial charge in [-0.15, -0.1) is 0 Å². The first-order valence-corrected chi connectivity index (χ1v) is 10.7. The van der Waals surface area contributed by atoms with Gasteiger partial charge in [-0.2, -0.15) is 0 Å². The molecule has 0 spiro atoms. The van der Waals surface area contributed by atoms with Crippen molar-refractivity contribution in [1.82, 2.24) is 5.32 Å². The smallest absolute Gasteiger partial charge is 0.408 e. The van der Waals surface area contributed by atoms with Crippen LogP contribution in [0.4, 0.5) is 10.5 Å². The molecule has 3 aromatic rings. The van der Waals surface area contributed by atoms with E-state index < -0.39 is 24.2 Å². The summed E-state index contributed by atoms with van der Waals surface area (Å²) in [6, 6.07) is 22.0. The van der Waals surface area contributed by atoms with E-state index in [1.165, 1.54) is 36.4 Å². The van der Waals surface area contributed by atoms with Crippen molar-refractivity contribution in [2.45, 2.75) is 12.4 Å². The minimum Gasteiger partial charge on any atom is -0.445 e. The average molecular weight is 426 g/mol. The van der Waals surface area contributed by atoms with Crippen molar-refractivity contribution in [3.8, 4) is 0 Å². The number of nitro benzene ring substituents is 1. The third kappa shape index (κ3) is 5.11. The maximum atomic E-state index is 13.3. The quantitative estimate of drug-likeness (QED) is 0.333. The number of ether oxygens (including phenoxy) is 1. The van der Waals surface area contributed by atoms with E-state index in [0.29, 0.717) is 0 Å². The molecule has 0 bridgehead atoms. The molecule has 3 rings (SSSR count). The van der Waals surface area contributed by atoms with Gasteiger partial charge in [0.25, 0.3) is 13.1 Å². The van der Waals surface area contributed by atoms with Gasteiger partial charge < -0.3 is 14.9 Å². The average Bonchev–Trinajstić information content (AvgIpc) is 2.77. The lowest BCUT2D eigenvalue weighted by Gasteiger charge is -2.24. The number of nitrogens with one attached hydrogen (secondary N) is 1. The first-order valence-electron chi connectivity index (χ1n) is 8.97. The molecule has 0 saturated carbocycles. The summed E-state index contributed by atoms with van der Waals surface area (Å²) in [6.45, 7) is -0.0132. The minimum absolute atomic E-state index is 0.0132. The van der Waals surface area contributed by atoms with Crippen molar-refractivity contribution in [2.24, 2.45) is 0 Å². The molecule has 0 aliphatic rings. The number of carbonyl (C=O) groups is 1. The summed E-state index contributed by atoms with van der Waals surface area (Å²) < 4.78 is 18.5. The monoisotopic (exact) mass is 426 g/mol. The lowest BCUT2D eigenvalue weighted by molar-refractivity contribution is -0.384. The zero-order chi connectivity index (χ0) is 21.6. The molecule has 1 amide bonds. The van der Waals surface area contributed by atoms with Gasteiger partial charge in [0, 0.05) is 17.4 Å². The standard InChI is InChI=1S/C21H19N2O6P/c24-21(29-15-16-7-3-1-4-8-16)22-20(17-11-13-18(14-12-17)23(25)26)30(27,28)19-9-5-2-6-10-19/h1-14,20H,15H2,(H,22,24)(H,27,28). The lowest BCUT2D eigenvalue weighted by atomic mass is 10.2. The molecule has 0 aliphatic heterocycles. The molecule has 0 heterocycles. The maximum Gasteiger partial charge on any atom is 0.408 e. The Labute approximate surface area is 172 Å². The van der Waals surface area contributed by atoms with E-state index >= 15 is 0 Å². The van der Waals surface area contributed by atoms with Crippen LogP contribution in [-0.4, -0.2) is 15.9 Å². The van der Waals surface area contributed by atoms with Crippen LogP contribution in [0.25, 0.3) is 0 Å². The first-order chi connectivity index (χ1) is 14.4. The zero-order valence-electron chi connectivity index (χ0n) is 15.8. The van der Waals surface area contributed by atoms with Gasteiger partial charge in [-0.3, -0.25) is 14.7 Å². The third-order valence-electron chi connectivity index (χ3n) is 4.36. The second-order valence-electron chi connectivity index (χ2n) is 6.42. The molecule has 0 saturated heterocycles. The Balaban J connectivity index is 1.86. The maximum absolute atomic E-state index is 13.3. The summed E-state index contributed by atoms with van der Waals surface area (Å²) in [5, 5.41) is 13.5. The number of carbonyl (C=O) groups excluding carboxylic acids is 1. The number of nitro groups is 1. The van der Waals surface area contributed by atoms with Crippen molar-refractivity contribution < 1.29 is 23.9 Å². The summed E-state index contributed by atoms with van der Waals surface area (Å²) in [7, 11) is -4.15. The van der Waals surface area contributed by atoms with Crippen LogP contribution in [0.1, 0.15) is 16.9 Å². The summed E-state index contributed by atoms with van der Waals surface area (Å²) in [4.78, 5) is 33.6. The molecule has 30 heavy (non-hydrogen) atoms. The molecule has 0 aromatic heterocycles. The van der Waals surface area contributed by atoms with Gasteiger partial charge in [-0.25, -0.2) is 4.79 Å². The summed E-state index contributed by atoms with van der Waals surface area (Å²) in [5.41, 5.74) is 0.832. The van der Waals surface area contributed by atoms with Crippen molar-refractivity contribution >= 4 is 24.5 Å². The van der Waals surface area contributed by atoms with E-state index in [1.807, 2.05) is 6.07 Å². The van der Waals surface area contributed by atoms with Crippen LogP contribution in [0.15, 0.2) is 84.9 Å². The van der Waals surface area contributed by atoms with Crippen LogP contribution in [0.2, 0.25) is 0 Å². The zero-order valence-corrected chi connectivity index (χ0v) is 16.6. The highest BCUT2D eigenvalue weighted by atomic mass is 31.2. The lowest BCUT2D eigenvalue weighted by Crippen LogP contribution is -2.31. The number of rotatable bonds is 7. The second kappa shape index (κ2) is 9.35. The largest absolute Gasteiger partial charge is 0.445 e. The molecule has 2 N–H and O–H groups in total. The van der Waals surface area contributed by atoms with Gasteiger partial charge in [0.15, 0.2) is 0 Å². The van der Waals surface area contributed by atoms with Gasteiger partial charge >= 0.3 is 6.09 Å². The van der Waals surface area contributed by atoms with E-state index in [2.05, 4.69) is 5.32 Å². The van der Waals surface area contributed by atoms with Crippen molar-refractivity contribution in [2.75, 3.05) is 0 Å².